The molecule has 2 aromatic rings. The van der Waals surface area contributed by atoms with E-state index in [1.165, 1.54) is 12.1 Å². The average molecular weight is 401 g/mol. The number of nitrogens with one attached hydrogen (secondary N) is 2. The molecule has 3 amide bonds. The number of aryl methyl sites for hydroxylation is 1. The van der Waals surface area contributed by atoms with Gasteiger partial charge in [0.1, 0.15) is 11.6 Å². The molecule has 1 aliphatic carbocycles. The Kier molecular flexibility index (Phi) is 6.77. The highest BCUT2D eigenvalue weighted by Gasteiger charge is 2.27. The number of anilines is 1. The second kappa shape index (κ2) is 9.47. The van der Waals surface area contributed by atoms with Gasteiger partial charge < -0.3 is 14.8 Å². The fourth-order valence-corrected chi connectivity index (χ4v) is 3.31. The normalized spacial score (nSPS) is 18.7. The number of rotatable bonds is 5. The number of hydrogen-bond donors (Lipinski definition) is 2. The van der Waals surface area contributed by atoms with Gasteiger partial charge in [0.25, 0.3) is 0 Å². The topological polar surface area (TPSA) is 89.5 Å². The lowest BCUT2D eigenvalue weighted by Gasteiger charge is -2.26. The van der Waals surface area contributed by atoms with Crippen LogP contribution in [0.1, 0.15) is 31.2 Å². The van der Waals surface area contributed by atoms with Crippen LogP contribution in [-0.4, -0.2) is 30.1 Å². The monoisotopic (exact) mass is 401 g/mol. The number of ether oxygens (including phenoxy) is 2. The van der Waals surface area contributed by atoms with Crippen LogP contribution in [-0.2, 0) is 9.53 Å². The largest absolute Gasteiger partial charge is 0.439 e. The van der Waals surface area contributed by atoms with Gasteiger partial charge in [-0.3, -0.25) is 10.1 Å². The number of benzene rings is 1. The second-order valence-corrected chi connectivity index (χ2v) is 7.05. The fourth-order valence-electron chi connectivity index (χ4n) is 3.31. The summed E-state index contributed by atoms with van der Waals surface area (Å²) in [6, 6.07) is 7.16. The minimum Gasteiger partial charge on any atom is -0.439 e. The SMILES string of the molecule is COC1CCC(C(=O)NC(=O)Nc2ccc(Oc3ccc(F)cn3)c(C)c2)CC1. The lowest BCUT2D eigenvalue weighted by Crippen LogP contribution is -2.40. The Labute approximate surface area is 168 Å². The molecule has 0 atom stereocenters. The minimum atomic E-state index is -0.572. The van der Waals surface area contributed by atoms with Gasteiger partial charge in [-0.15, -0.1) is 0 Å². The number of amides is 3. The lowest BCUT2D eigenvalue weighted by atomic mass is 9.87. The molecule has 29 heavy (non-hydrogen) atoms. The fraction of sp³-hybridized carbons (Fsp3) is 0.381. The molecular weight excluding hydrogens is 377 g/mol. The number of halogens is 1. The molecule has 2 N–H and O–H groups in total. The number of pyridine rings is 1. The first-order valence-corrected chi connectivity index (χ1v) is 9.49. The van der Waals surface area contributed by atoms with Gasteiger partial charge in [-0.1, -0.05) is 0 Å². The van der Waals surface area contributed by atoms with Crippen LogP contribution in [0.25, 0.3) is 0 Å². The van der Waals surface area contributed by atoms with Crippen molar-refractivity contribution in [1.29, 1.82) is 0 Å². The van der Waals surface area contributed by atoms with Gasteiger partial charge in [0, 0.05) is 24.8 Å². The highest BCUT2D eigenvalue weighted by molar-refractivity contribution is 6.01. The summed E-state index contributed by atoms with van der Waals surface area (Å²) in [6.07, 6.45) is 4.32. The molecule has 0 spiro atoms. The first kappa shape index (κ1) is 20.7. The number of methoxy groups -OCH3 is 1. The molecule has 1 aliphatic rings. The van der Waals surface area contributed by atoms with E-state index in [1.807, 2.05) is 0 Å². The van der Waals surface area contributed by atoms with Gasteiger partial charge >= 0.3 is 6.03 Å². The Hall–Kier alpha value is -3.00. The van der Waals surface area contributed by atoms with E-state index in [9.17, 15) is 14.0 Å². The number of carbonyl (C=O) groups is 2. The van der Waals surface area contributed by atoms with Crippen molar-refractivity contribution in [1.82, 2.24) is 10.3 Å². The number of carbonyl (C=O) groups excluding carboxylic acids is 2. The molecule has 7 nitrogen and oxygen atoms in total. The maximum absolute atomic E-state index is 12.9. The van der Waals surface area contributed by atoms with E-state index in [4.69, 9.17) is 9.47 Å². The molecule has 0 radical (unpaired) electrons. The standard InChI is InChI=1S/C21H24FN3O4/c1-13-11-16(6-9-18(13)29-19-10-5-15(22)12-23-19)24-21(27)25-20(26)14-3-7-17(28-2)8-4-14/h5-6,9-12,14,17H,3-4,7-8H2,1-2H3,(H2,24,25,26,27). The number of nitrogens with zero attached hydrogens (tertiary/aromatic N) is 1. The van der Waals surface area contributed by atoms with Crippen molar-refractivity contribution < 1.29 is 23.5 Å². The predicted octanol–water partition coefficient (Wildman–Crippen LogP) is 4.17. The Bertz CT molecular complexity index is 865. The zero-order chi connectivity index (χ0) is 20.8. The van der Waals surface area contributed by atoms with Crippen molar-refractivity contribution in [2.24, 2.45) is 5.92 Å². The van der Waals surface area contributed by atoms with Gasteiger partial charge in [-0.25, -0.2) is 14.2 Å². The van der Waals surface area contributed by atoms with Gasteiger partial charge in [0.05, 0.1) is 12.3 Å². The van der Waals surface area contributed by atoms with Crippen LogP contribution in [0.15, 0.2) is 36.5 Å². The van der Waals surface area contributed by atoms with Crippen molar-refractivity contribution in [2.45, 2.75) is 38.7 Å². The summed E-state index contributed by atoms with van der Waals surface area (Å²) in [7, 11) is 1.67. The first-order chi connectivity index (χ1) is 13.9. The molecule has 1 saturated carbocycles. The van der Waals surface area contributed by atoms with Gasteiger partial charge in [-0.05, 0) is 62.4 Å². The number of urea groups is 1. The summed E-state index contributed by atoms with van der Waals surface area (Å²) in [4.78, 5) is 28.3. The van der Waals surface area contributed by atoms with Crippen molar-refractivity contribution in [3.63, 3.8) is 0 Å². The smallest absolute Gasteiger partial charge is 0.325 e. The van der Waals surface area contributed by atoms with Crippen LogP contribution >= 0.6 is 0 Å². The zero-order valence-corrected chi connectivity index (χ0v) is 16.4. The summed E-state index contributed by atoms with van der Waals surface area (Å²) in [5.41, 5.74) is 1.27. The third-order valence-corrected chi connectivity index (χ3v) is 4.96. The predicted molar refractivity (Wildman–Crippen MR) is 105 cm³/mol. The minimum absolute atomic E-state index is 0.173. The third-order valence-electron chi connectivity index (χ3n) is 4.96. The quantitative estimate of drug-likeness (QED) is 0.785. The summed E-state index contributed by atoms with van der Waals surface area (Å²) in [5, 5.41) is 5.06. The van der Waals surface area contributed by atoms with E-state index in [0.29, 0.717) is 24.3 Å². The molecule has 0 bridgehead atoms. The highest BCUT2D eigenvalue weighted by atomic mass is 19.1. The maximum atomic E-state index is 12.9. The van der Waals surface area contributed by atoms with E-state index in [1.54, 1.807) is 32.2 Å². The van der Waals surface area contributed by atoms with Gasteiger partial charge in [0.2, 0.25) is 11.8 Å². The van der Waals surface area contributed by atoms with Gasteiger partial charge in [-0.2, -0.15) is 0 Å². The molecule has 1 fully saturated rings. The molecular formula is C21H24FN3O4. The van der Waals surface area contributed by atoms with E-state index in [-0.39, 0.29) is 23.8 Å². The van der Waals surface area contributed by atoms with Crippen molar-refractivity contribution in [2.75, 3.05) is 12.4 Å². The van der Waals surface area contributed by atoms with Crippen LogP contribution < -0.4 is 15.4 Å². The van der Waals surface area contributed by atoms with Crippen molar-refractivity contribution >= 4 is 17.6 Å². The Morgan fingerprint density at radius 2 is 1.90 bits per heavy atom. The van der Waals surface area contributed by atoms with Crippen LogP contribution in [0.5, 0.6) is 11.6 Å². The van der Waals surface area contributed by atoms with Gasteiger partial charge in [0.15, 0.2) is 0 Å². The maximum Gasteiger partial charge on any atom is 0.325 e. The summed E-state index contributed by atoms with van der Waals surface area (Å²) in [6.45, 7) is 1.81. The molecule has 1 aromatic heterocycles. The molecule has 154 valence electrons. The summed E-state index contributed by atoms with van der Waals surface area (Å²) >= 11 is 0. The Morgan fingerprint density at radius 3 is 2.52 bits per heavy atom. The molecule has 0 aliphatic heterocycles. The Balaban J connectivity index is 1.53. The van der Waals surface area contributed by atoms with Crippen molar-refractivity contribution in [3.05, 3.63) is 47.9 Å². The molecule has 1 heterocycles. The van der Waals surface area contributed by atoms with E-state index in [2.05, 4.69) is 15.6 Å². The molecule has 8 heteroatoms. The molecule has 0 unspecified atom stereocenters. The second-order valence-electron chi connectivity index (χ2n) is 7.05. The average Bonchev–Trinajstić information content (AvgIpc) is 2.71. The summed E-state index contributed by atoms with van der Waals surface area (Å²) < 4.78 is 23.8. The highest BCUT2D eigenvalue weighted by Crippen LogP contribution is 2.27. The molecule has 3 rings (SSSR count). The molecule has 1 aromatic carbocycles. The molecule has 0 saturated heterocycles. The first-order valence-electron chi connectivity index (χ1n) is 9.49. The van der Waals surface area contributed by atoms with Crippen LogP contribution in [0.3, 0.4) is 0 Å². The Morgan fingerprint density at radius 1 is 1.14 bits per heavy atom. The van der Waals surface area contributed by atoms with E-state index >= 15 is 0 Å². The van der Waals surface area contributed by atoms with Crippen molar-refractivity contribution in [3.8, 4) is 11.6 Å². The lowest BCUT2D eigenvalue weighted by molar-refractivity contribution is -0.125. The third kappa shape index (κ3) is 5.74. The van der Waals surface area contributed by atoms with Crippen LogP contribution in [0.4, 0.5) is 14.9 Å². The van der Waals surface area contributed by atoms with E-state index < -0.39 is 11.8 Å². The van der Waals surface area contributed by atoms with E-state index in [0.717, 1.165) is 24.6 Å². The summed E-state index contributed by atoms with van der Waals surface area (Å²) in [5.74, 6) is -0.0901. The van der Waals surface area contributed by atoms with Crippen LogP contribution in [0, 0.1) is 18.7 Å². The number of imide groups is 1. The number of aromatic nitrogens is 1. The van der Waals surface area contributed by atoms with Crippen LogP contribution in [0.2, 0.25) is 0 Å². The zero-order valence-electron chi connectivity index (χ0n) is 16.4. The number of hydrogen-bond acceptors (Lipinski definition) is 5.